The standard InChI is InChI=1S/C16H21N3O4/c1-12-3-4-15(22-2)14(9-12)19-16(21)13(10-17)11-18-5-7-23-8-6-20/h3-4,9,11,18,20H,5-8H2,1-2H3,(H,19,21)/b13-11-. The number of carbonyl (C=O) groups is 1. The molecule has 124 valence electrons. The Hall–Kier alpha value is -2.56. The summed E-state index contributed by atoms with van der Waals surface area (Å²) in [5.41, 5.74) is 1.41. The Labute approximate surface area is 135 Å². The van der Waals surface area contributed by atoms with Gasteiger partial charge in [-0.05, 0) is 24.6 Å². The highest BCUT2D eigenvalue weighted by atomic mass is 16.5. The minimum atomic E-state index is -0.528. The van der Waals surface area contributed by atoms with Crippen molar-refractivity contribution in [3.63, 3.8) is 0 Å². The second kappa shape index (κ2) is 10.2. The number of ether oxygens (including phenoxy) is 2. The second-order valence-corrected chi connectivity index (χ2v) is 4.62. The molecule has 0 aromatic heterocycles. The van der Waals surface area contributed by atoms with Crippen LogP contribution in [0.1, 0.15) is 5.56 Å². The maximum atomic E-state index is 12.1. The summed E-state index contributed by atoms with van der Waals surface area (Å²) in [5, 5.41) is 23.1. The van der Waals surface area contributed by atoms with Crippen molar-refractivity contribution >= 4 is 11.6 Å². The highest BCUT2D eigenvalue weighted by molar-refractivity contribution is 6.07. The average Bonchev–Trinajstić information content (AvgIpc) is 2.54. The summed E-state index contributed by atoms with van der Waals surface area (Å²) in [6.07, 6.45) is 1.33. The molecule has 7 heteroatoms. The van der Waals surface area contributed by atoms with Gasteiger partial charge in [-0.15, -0.1) is 0 Å². The van der Waals surface area contributed by atoms with Crippen molar-refractivity contribution in [3.05, 3.63) is 35.5 Å². The van der Waals surface area contributed by atoms with E-state index in [9.17, 15) is 4.79 Å². The van der Waals surface area contributed by atoms with Gasteiger partial charge in [0, 0.05) is 12.7 Å². The van der Waals surface area contributed by atoms with E-state index >= 15 is 0 Å². The summed E-state index contributed by atoms with van der Waals surface area (Å²) in [6, 6.07) is 7.22. The first-order chi connectivity index (χ1) is 11.1. The summed E-state index contributed by atoms with van der Waals surface area (Å²) < 4.78 is 10.2. The molecule has 23 heavy (non-hydrogen) atoms. The Morgan fingerprint density at radius 3 is 2.87 bits per heavy atom. The molecule has 0 radical (unpaired) electrons. The first-order valence-corrected chi connectivity index (χ1v) is 7.10. The number of aliphatic hydroxyl groups excluding tert-OH is 1. The molecule has 0 heterocycles. The van der Waals surface area contributed by atoms with Crippen molar-refractivity contribution in [3.8, 4) is 11.8 Å². The molecule has 1 aromatic carbocycles. The smallest absolute Gasteiger partial charge is 0.267 e. The van der Waals surface area contributed by atoms with Gasteiger partial charge in [0.2, 0.25) is 0 Å². The third kappa shape index (κ3) is 6.38. The predicted octanol–water partition coefficient (Wildman–Crippen LogP) is 0.948. The number of aliphatic hydroxyl groups is 1. The lowest BCUT2D eigenvalue weighted by Gasteiger charge is -2.10. The number of hydrogen-bond acceptors (Lipinski definition) is 6. The van der Waals surface area contributed by atoms with Gasteiger partial charge in [-0.25, -0.2) is 0 Å². The van der Waals surface area contributed by atoms with Crippen LogP contribution in [0.4, 0.5) is 5.69 Å². The molecule has 0 aliphatic carbocycles. The van der Waals surface area contributed by atoms with Crippen LogP contribution in [0.2, 0.25) is 0 Å². The van der Waals surface area contributed by atoms with E-state index in [1.807, 2.05) is 19.1 Å². The average molecular weight is 319 g/mol. The zero-order valence-corrected chi connectivity index (χ0v) is 13.3. The molecule has 3 N–H and O–H groups in total. The number of nitrogens with one attached hydrogen (secondary N) is 2. The molecule has 0 aliphatic rings. The SMILES string of the molecule is COc1ccc(C)cc1NC(=O)/C(C#N)=C\NCCOCCO. The molecule has 7 nitrogen and oxygen atoms in total. The van der Waals surface area contributed by atoms with Gasteiger partial charge in [0.05, 0.1) is 32.6 Å². The minimum absolute atomic E-state index is 0.0417. The van der Waals surface area contributed by atoms with Gasteiger partial charge in [-0.2, -0.15) is 5.26 Å². The van der Waals surface area contributed by atoms with Crippen LogP contribution >= 0.6 is 0 Å². The van der Waals surface area contributed by atoms with Crippen LogP contribution in [0.3, 0.4) is 0 Å². The zero-order valence-electron chi connectivity index (χ0n) is 13.3. The molecule has 0 saturated carbocycles. The molecule has 0 bridgehead atoms. The van der Waals surface area contributed by atoms with Crippen molar-refractivity contribution < 1.29 is 19.4 Å². The van der Waals surface area contributed by atoms with Crippen LogP contribution < -0.4 is 15.4 Å². The quantitative estimate of drug-likeness (QED) is 0.356. The monoisotopic (exact) mass is 319 g/mol. The van der Waals surface area contributed by atoms with Crippen LogP contribution in [0.15, 0.2) is 30.0 Å². The number of rotatable bonds is 9. The van der Waals surface area contributed by atoms with Crippen molar-refractivity contribution in [1.82, 2.24) is 5.32 Å². The number of amides is 1. The van der Waals surface area contributed by atoms with Gasteiger partial charge in [-0.1, -0.05) is 6.07 Å². The van der Waals surface area contributed by atoms with Crippen LogP contribution in [0.25, 0.3) is 0 Å². The van der Waals surface area contributed by atoms with Gasteiger partial charge in [0.15, 0.2) is 0 Å². The number of hydrogen-bond donors (Lipinski definition) is 3. The van der Waals surface area contributed by atoms with Crippen molar-refractivity contribution in [2.75, 3.05) is 38.8 Å². The summed E-state index contributed by atoms with van der Waals surface area (Å²) in [7, 11) is 1.51. The minimum Gasteiger partial charge on any atom is -0.495 e. The third-order valence-corrected chi connectivity index (χ3v) is 2.84. The topological polar surface area (TPSA) is 104 Å². The number of aryl methyl sites for hydroxylation is 1. The fourth-order valence-electron chi connectivity index (χ4n) is 1.73. The van der Waals surface area contributed by atoms with Gasteiger partial charge in [0.1, 0.15) is 17.4 Å². The number of anilines is 1. The lowest BCUT2D eigenvalue weighted by molar-refractivity contribution is -0.112. The van der Waals surface area contributed by atoms with E-state index in [1.165, 1.54) is 13.3 Å². The van der Waals surface area contributed by atoms with E-state index in [-0.39, 0.29) is 18.8 Å². The van der Waals surface area contributed by atoms with Crippen molar-refractivity contribution in [2.45, 2.75) is 6.92 Å². The second-order valence-electron chi connectivity index (χ2n) is 4.62. The highest BCUT2D eigenvalue weighted by Gasteiger charge is 2.12. The molecule has 1 amide bonds. The van der Waals surface area contributed by atoms with Crippen LogP contribution in [-0.4, -0.2) is 44.5 Å². The molecule has 0 atom stereocenters. The Bertz CT molecular complexity index is 593. The van der Waals surface area contributed by atoms with Gasteiger partial charge < -0.3 is 25.2 Å². The Kier molecular flexibility index (Phi) is 8.21. The number of nitrogens with zero attached hydrogens (tertiary/aromatic N) is 1. The Balaban J connectivity index is 2.64. The lowest BCUT2D eigenvalue weighted by Crippen LogP contribution is -2.19. The first kappa shape index (κ1) is 18.5. The van der Waals surface area contributed by atoms with Crippen LogP contribution in [0, 0.1) is 18.3 Å². The van der Waals surface area contributed by atoms with E-state index in [0.717, 1.165) is 5.56 Å². The summed E-state index contributed by atoms with van der Waals surface area (Å²) in [4.78, 5) is 12.1. The molecule has 0 unspecified atom stereocenters. The van der Waals surface area contributed by atoms with Gasteiger partial charge in [-0.3, -0.25) is 4.79 Å². The zero-order chi connectivity index (χ0) is 17.1. The fraction of sp³-hybridized carbons (Fsp3) is 0.375. The Morgan fingerprint density at radius 1 is 1.43 bits per heavy atom. The van der Waals surface area contributed by atoms with E-state index in [0.29, 0.717) is 24.6 Å². The molecule has 0 aliphatic heterocycles. The molecule has 0 spiro atoms. The number of benzene rings is 1. The van der Waals surface area contributed by atoms with Crippen molar-refractivity contribution in [1.29, 1.82) is 5.26 Å². The Morgan fingerprint density at radius 2 is 2.22 bits per heavy atom. The molecular weight excluding hydrogens is 298 g/mol. The maximum Gasteiger partial charge on any atom is 0.267 e. The van der Waals surface area contributed by atoms with Crippen LogP contribution in [0.5, 0.6) is 5.75 Å². The molecular formula is C16H21N3O4. The summed E-state index contributed by atoms with van der Waals surface area (Å²) in [6.45, 7) is 2.89. The highest BCUT2D eigenvalue weighted by Crippen LogP contribution is 2.25. The predicted molar refractivity (Wildman–Crippen MR) is 86.0 cm³/mol. The summed E-state index contributed by atoms with van der Waals surface area (Å²) in [5.74, 6) is -0.00761. The van der Waals surface area contributed by atoms with Gasteiger partial charge >= 0.3 is 0 Å². The lowest BCUT2D eigenvalue weighted by atomic mass is 10.2. The molecule has 0 saturated heterocycles. The molecule has 0 fully saturated rings. The number of nitriles is 1. The molecule has 1 rings (SSSR count). The van der Waals surface area contributed by atoms with E-state index in [1.54, 1.807) is 12.1 Å². The first-order valence-electron chi connectivity index (χ1n) is 7.10. The largest absolute Gasteiger partial charge is 0.495 e. The van der Waals surface area contributed by atoms with Gasteiger partial charge in [0.25, 0.3) is 5.91 Å². The maximum absolute atomic E-state index is 12.1. The molecule has 1 aromatic rings. The fourth-order valence-corrected chi connectivity index (χ4v) is 1.73. The van der Waals surface area contributed by atoms with Crippen LogP contribution in [-0.2, 0) is 9.53 Å². The normalized spacial score (nSPS) is 10.8. The number of carbonyl (C=O) groups excluding carboxylic acids is 1. The van der Waals surface area contributed by atoms with E-state index < -0.39 is 5.91 Å². The van der Waals surface area contributed by atoms with E-state index in [4.69, 9.17) is 19.8 Å². The van der Waals surface area contributed by atoms with E-state index in [2.05, 4.69) is 10.6 Å². The summed E-state index contributed by atoms with van der Waals surface area (Å²) >= 11 is 0. The third-order valence-electron chi connectivity index (χ3n) is 2.84. The van der Waals surface area contributed by atoms with Crippen molar-refractivity contribution in [2.24, 2.45) is 0 Å². The number of methoxy groups -OCH3 is 1.